The normalized spacial score (nSPS) is 11.4. The first-order valence-corrected chi connectivity index (χ1v) is 12.4. The number of rotatable bonds is 25. The van der Waals surface area contributed by atoms with Crippen molar-refractivity contribution < 1.29 is 28.5 Å². The molecule has 0 aliphatic carbocycles. The first-order valence-electron chi connectivity index (χ1n) is 12.4. The Hall–Kier alpha value is -0.730. The molecule has 0 radical (unpaired) electrons. The third kappa shape index (κ3) is 27.2. The van der Waals surface area contributed by atoms with Crippen LogP contribution in [0.15, 0.2) is 0 Å². The molecule has 0 aliphatic rings. The van der Waals surface area contributed by atoms with E-state index in [-0.39, 0.29) is 5.91 Å². The van der Waals surface area contributed by atoms with Crippen molar-refractivity contribution in [3.8, 4) is 0 Å². The first kappa shape index (κ1) is 30.3. The summed E-state index contributed by atoms with van der Waals surface area (Å²) in [6.45, 7) is 12.5. The Bertz CT molecular complexity index is 368. The third-order valence-corrected chi connectivity index (χ3v) is 4.58. The van der Waals surface area contributed by atoms with Crippen LogP contribution in [0.4, 0.5) is 0 Å². The van der Waals surface area contributed by atoms with Gasteiger partial charge in [-0.3, -0.25) is 4.79 Å². The molecule has 31 heavy (non-hydrogen) atoms. The van der Waals surface area contributed by atoms with Gasteiger partial charge in [-0.15, -0.1) is 0 Å². The molecule has 0 saturated heterocycles. The van der Waals surface area contributed by atoms with Crippen molar-refractivity contribution >= 4 is 5.91 Å². The number of amides is 1. The Morgan fingerprint density at radius 2 is 1.16 bits per heavy atom. The van der Waals surface area contributed by atoms with Gasteiger partial charge >= 0.3 is 0 Å². The molecular weight excluding hydrogens is 398 g/mol. The van der Waals surface area contributed by atoms with E-state index in [1.807, 2.05) is 0 Å². The van der Waals surface area contributed by atoms with Crippen molar-refractivity contribution in [1.29, 1.82) is 0 Å². The Morgan fingerprint density at radius 3 is 1.74 bits per heavy atom. The van der Waals surface area contributed by atoms with Gasteiger partial charge in [0.25, 0.3) is 0 Å². The molecule has 7 nitrogen and oxygen atoms in total. The SMILES string of the molecule is CCCCOCCOCCOCCOCCNC(=O)CCCCCCCCOC(C)C. The van der Waals surface area contributed by atoms with Crippen LogP contribution in [-0.4, -0.2) is 78.0 Å². The minimum absolute atomic E-state index is 0.112. The summed E-state index contributed by atoms with van der Waals surface area (Å²) in [5, 5.41) is 2.90. The molecule has 0 aromatic heterocycles. The van der Waals surface area contributed by atoms with Gasteiger partial charge in [0.15, 0.2) is 0 Å². The Labute approximate surface area is 190 Å². The molecule has 0 unspecified atom stereocenters. The van der Waals surface area contributed by atoms with Crippen molar-refractivity contribution in [3.05, 3.63) is 0 Å². The quantitative estimate of drug-likeness (QED) is 0.212. The average molecular weight is 448 g/mol. The molecule has 1 N–H and O–H groups in total. The van der Waals surface area contributed by atoms with E-state index in [0.29, 0.717) is 65.3 Å². The van der Waals surface area contributed by atoms with Crippen molar-refractivity contribution in [2.24, 2.45) is 0 Å². The zero-order valence-corrected chi connectivity index (χ0v) is 20.5. The number of carbonyl (C=O) groups excluding carboxylic acids is 1. The van der Waals surface area contributed by atoms with Crippen molar-refractivity contribution in [2.45, 2.75) is 84.7 Å². The fourth-order valence-electron chi connectivity index (χ4n) is 2.77. The van der Waals surface area contributed by atoms with E-state index in [2.05, 4.69) is 26.1 Å². The van der Waals surface area contributed by atoms with Gasteiger partial charge in [0.2, 0.25) is 5.91 Å². The third-order valence-electron chi connectivity index (χ3n) is 4.58. The molecule has 0 aliphatic heterocycles. The standard InChI is InChI=1S/C24H49NO6/c1-4-5-14-27-17-19-29-21-22-30-20-18-28-16-13-25-24(26)12-10-8-6-7-9-11-15-31-23(2)3/h23H,4-22H2,1-3H3,(H,25,26). The monoisotopic (exact) mass is 447 g/mol. The van der Waals surface area contributed by atoms with Crippen LogP contribution in [0.5, 0.6) is 0 Å². The van der Waals surface area contributed by atoms with Gasteiger partial charge in [-0.05, 0) is 33.1 Å². The van der Waals surface area contributed by atoms with Crippen LogP contribution >= 0.6 is 0 Å². The topological polar surface area (TPSA) is 75.3 Å². The second-order valence-electron chi connectivity index (χ2n) is 7.94. The summed E-state index contributed by atoms with van der Waals surface area (Å²) in [5.41, 5.74) is 0. The van der Waals surface area contributed by atoms with Crippen LogP contribution in [0.2, 0.25) is 0 Å². The lowest BCUT2D eigenvalue weighted by molar-refractivity contribution is -0.121. The van der Waals surface area contributed by atoms with Crippen LogP contribution in [0.25, 0.3) is 0 Å². The second-order valence-corrected chi connectivity index (χ2v) is 7.94. The fraction of sp³-hybridized carbons (Fsp3) is 0.958. The van der Waals surface area contributed by atoms with E-state index in [1.54, 1.807) is 0 Å². The molecule has 0 bridgehead atoms. The fourth-order valence-corrected chi connectivity index (χ4v) is 2.77. The van der Waals surface area contributed by atoms with Gasteiger partial charge in [-0.25, -0.2) is 0 Å². The summed E-state index contributed by atoms with van der Waals surface area (Å²) >= 11 is 0. The van der Waals surface area contributed by atoms with E-state index in [0.717, 1.165) is 45.3 Å². The highest BCUT2D eigenvalue weighted by Crippen LogP contribution is 2.07. The smallest absolute Gasteiger partial charge is 0.220 e. The molecule has 7 heteroatoms. The number of unbranched alkanes of at least 4 members (excludes halogenated alkanes) is 6. The van der Waals surface area contributed by atoms with E-state index < -0.39 is 0 Å². The predicted octanol–water partition coefficient (Wildman–Crippen LogP) is 4.12. The molecule has 0 atom stereocenters. The van der Waals surface area contributed by atoms with Gasteiger partial charge in [0.05, 0.1) is 52.4 Å². The summed E-state index contributed by atoms with van der Waals surface area (Å²) in [4.78, 5) is 11.8. The number of hydrogen-bond acceptors (Lipinski definition) is 6. The highest BCUT2D eigenvalue weighted by atomic mass is 16.6. The van der Waals surface area contributed by atoms with Gasteiger partial charge in [0, 0.05) is 26.2 Å². The van der Waals surface area contributed by atoms with Crippen molar-refractivity contribution in [3.63, 3.8) is 0 Å². The molecule has 1 amide bonds. The van der Waals surface area contributed by atoms with Crippen molar-refractivity contribution in [1.82, 2.24) is 5.32 Å². The zero-order valence-electron chi connectivity index (χ0n) is 20.5. The van der Waals surface area contributed by atoms with Crippen LogP contribution in [0.1, 0.15) is 78.6 Å². The summed E-state index contributed by atoms with van der Waals surface area (Å²) in [6.07, 6.45) is 10.00. The Balaban J connectivity index is 3.14. The zero-order chi connectivity index (χ0) is 22.8. The highest BCUT2D eigenvalue weighted by Gasteiger charge is 2.01. The summed E-state index contributed by atoms with van der Waals surface area (Å²) in [5.74, 6) is 0.112. The first-order chi connectivity index (χ1) is 15.2. The molecule has 0 aromatic rings. The molecule has 0 fully saturated rings. The van der Waals surface area contributed by atoms with Gasteiger partial charge in [-0.2, -0.15) is 0 Å². The lowest BCUT2D eigenvalue weighted by atomic mass is 10.1. The summed E-state index contributed by atoms with van der Waals surface area (Å²) in [7, 11) is 0. The minimum atomic E-state index is 0.112. The largest absolute Gasteiger partial charge is 0.379 e. The molecule has 0 saturated carbocycles. The van der Waals surface area contributed by atoms with Crippen molar-refractivity contribution in [2.75, 3.05) is 66.0 Å². The molecule has 0 spiro atoms. The molecular formula is C24H49NO6. The maximum Gasteiger partial charge on any atom is 0.220 e. The summed E-state index contributed by atoms with van der Waals surface area (Å²) in [6, 6.07) is 0. The average Bonchev–Trinajstić information content (AvgIpc) is 2.75. The van der Waals surface area contributed by atoms with E-state index in [9.17, 15) is 4.79 Å². The maximum atomic E-state index is 11.8. The van der Waals surface area contributed by atoms with E-state index in [4.69, 9.17) is 23.7 Å². The minimum Gasteiger partial charge on any atom is -0.379 e. The van der Waals surface area contributed by atoms with Crippen LogP contribution in [0.3, 0.4) is 0 Å². The molecule has 186 valence electrons. The molecule has 0 heterocycles. The maximum absolute atomic E-state index is 11.8. The number of carbonyl (C=O) groups is 1. The van der Waals surface area contributed by atoms with Crippen LogP contribution < -0.4 is 5.32 Å². The predicted molar refractivity (Wildman–Crippen MR) is 125 cm³/mol. The number of nitrogens with one attached hydrogen (secondary N) is 1. The Morgan fingerprint density at radius 1 is 0.645 bits per heavy atom. The number of hydrogen-bond donors (Lipinski definition) is 1. The molecule has 0 aromatic carbocycles. The van der Waals surface area contributed by atoms with E-state index >= 15 is 0 Å². The van der Waals surface area contributed by atoms with Gasteiger partial charge < -0.3 is 29.0 Å². The molecule has 0 rings (SSSR count). The van der Waals surface area contributed by atoms with Crippen LogP contribution in [-0.2, 0) is 28.5 Å². The summed E-state index contributed by atoms with van der Waals surface area (Å²) < 4.78 is 27.3. The Kier molecular flexibility index (Phi) is 24.9. The van der Waals surface area contributed by atoms with Gasteiger partial charge in [0.1, 0.15) is 0 Å². The highest BCUT2D eigenvalue weighted by molar-refractivity contribution is 5.75. The second kappa shape index (κ2) is 25.5. The van der Waals surface area contributed by atoms with Crippen LogP contribution in [0, 0.1) is 0 Å². The lowest BCUT2D eigenvalue weighted by Crippen LogP contribution is -2.27. The lowest BCUT2D eigenvalue weighted by Gasteiger charge is -2.08. The van der Waals surface area contributed by atoms with Gasteiger partial charge in [-0.1, -0.05) is 39.0 Å². The number of ether oxygens (including phenoxy) is 5. The van der Waals surface area contributed by atoms with E-state index in [1.165, 1.54) is 19.3 Å².